The number of nitrogens with zero attached hydrogens (tertiary/aromatic N) is 1. The van der Waals surface area contributed by atoms with Gasteiger partial charge >= 0.3 is 6.09 Å². The summed E-state index contributed by atoms with van der Waals surface area (Å²) in [7, 11) is -1.15. The third-order valence-corrected chi connectivity index (χ3v) is 6.20. The van der Waals surface area contributed by atoms with Crippen LogP contribution < -0.4 is 5.73 Å². The summed E-state index contributed by atoms with van der Waals surface area (Å²) in [4.78, 5) is 14.0. The molecule has 4 nitrogen and oxygen atoms in total. The minimum atomic E-state index is -1.15. The number of nitrogens with two attached hydrogens (primary N) is 1. The van der Waals surface area contributed by atoms with Crippen LogP contribution in [0.3, 0.4) is 0 Å². The van der Waals surface area contributed by atoms with E-state index in [0.29, 0.717) is 19.7 Å². The second-order valence-corrected chi connectivity index (χ2v) is 13.5. The van der Waals surface area contributed by atoms with Gasteiger partial charge in [0, 0.05) is 27.7 Å². The van der Waals surface area contributed by atoms with Crippen molar-refractivity contribution in [3.8, 4) is 0 Å². The van der Waals surface area contributed by atoms with Gasteiger partial charge in [-0.25, -0.2) is 4.79 Å². The maximum atomic E-state index is 12.2. The Morgan fingerprint density at radius 3 is 2.45 bits per heavy atom. The van der Waals surface area contributed by atoms with E-state index >= 15 is 0 Å². The first-order valence-electron chi connectivity index (χ1n) is 9.04. The van der Waals surface area contributed by atoms with Crippen LogP contribution in [0.5, 0.6) is 0 Å². The predicted octanol–water partition coefficient (Wildman–Crippen LogP) is 4.08. The fraction of sp³-hybridized carbons (Fsp3) is 0.941. The number of rotatable bonds is 9. The van der Waals surface area contributed by atoms with Crippen LogP contribution in [-0.2, 0) is 4.74 Å². The van der Waals surface area contributed by atoms with Crippen LogP contribution in [0, 0.1) is 5.92 Å². The third-order valence-electron chi connectivity index (χ3n) is 4.50. The molecule has 0 aromatic rings. The lowest BCUT2D eigenvalue weighted by atomic mass is 9.86. The van der Waals surface area contributed by atoms with Crippen molar-refractivity contribution >= 4 is 14.2 Å². The average molecular weight is 329 g/mol. The van der Waals surface area contributed by atoms with Gasteiger partial charge in [-0.1, -0.05) is 51.7 Å². The molecular weight excluding hydrogens is 292 g/mol. The van der Waals surface area contributed by atoms with Crippen molar-refractivity contribution in [1.82, 2.24) is 4.90 Å². The Balaban J connectivity index is 2.25. The highest BCUT2D eigenvalue weighted by Crippen LogP contribution is 2.27. The number of amides is 1. The zero-order chi connectivity index (χ0) is 16.4. The Morgan fingerprint density at radius 1 is 1.18 bits per heavy atom. The van der Waals surface area contributed by atoms with Crippen LogP contribution in [0.2, 0.25) is 25.7 Å². The summed E-state index contributed by atoms with van der Waals surface area (Å²) < 4.78 is 5.44. The van der Waals surface area contributed by atoms with Gasteiger partial charge in [0.25, 0.3) is 0 Å². The molecule has 0 unspecified atom stereocenters. The monoisotopic (exact) mass is 328 g/mol. The first-order chi connectivity index (χ1) is 10.4. The van der Waals surface area contributed by atoms with E-state index in [4.69, 9.17) is 10.5 Å². The summed E-state index contributed by atoms with van der Waals surface area (Å²) >= 11 is 0. The summed E-state index contributed by atoms with van der Waals surface area (Å²) in [6.07, 6.45) is 9.06. The van der Waals surface area contributed by atoms with E-state index in [1.54, 1.807) is 4.90 Å². The van der Waals surface area contributed by atoms with Crippen molar-refractivity contribution in [1.29, 1.82) is 0 Å². The second kappa shape index (κ2) is 10.3. The molecule has 0 aromatic carbocycles. The lowest BCUT2D eigenvalue weighted by molar-refractivity contribution is 0.106. The van der Waals surface area contributed by atoms with Crippen LogP contribution in [0.25, 0.3) is 0 Å². The molecule has 0 heterocycles. The lowest BCUT2D eigenvalue weighted by Crippen LogP contribution is -2.37. The highest BCUT2D eigenvalue weighted by molar-refractivity contribution is 6.76. The van der Waals surface area contributed by atoms with Gasteiger partial charge in [-0.15, -0.1) is 0 Å². The molecule has 1 rings (SSSR count). The van der Waals surface area contributed by atoms with E-state index in [-0.39, 0.29) is 6.09 Å². The molecule has 0 spiro atoms. The Labute approximate surface area is 137 Å². The van der Waals surface area contributed by atoms with Gasteiger partial charge < -0.3 is 15.4 Å². The molecule has 0 bridgehead atoms. The predicted molar refractivity (Wildman–Crippen MR) is 95.9 cm³/mol. The van der Waals surface area contributed by atoms with E-state index in [1.807, 2.05) is 0 Å². The summed E-state index contributed by atoms with van der Waals surface area (Å²) in [5.41, 5.74) is 5.64. The quantitative estimate of drug-likeness (QED) is 0.649. The van der Waals surface area contributed by atoms with Crippen molar-refractivity contribution in [3.63, 3.8) is 0 Å². The van der Waals surface area contributed by atoms with Crippen molar-refractivity contribution in [2.45, 2.75) is 70.6 Å². The second-order valence-electron chi connectivity index (χ2n) is 7.85. The average Bonchev–Trinajstić information content (AvgIpc) is 2.46. The highest BCUT2D eigenvalue weighted by Gasteiger charge is 2.18. The molecule has 5 heteroatoms. The van der Waals surface area contributed by atoms with Crippen molar-refractivity contribution in [2.75, 3.05) is 26.2 Å². The molecule has 0 saturated heterocycles. The van der Waals surface area contributed by atoms with Crippen LogP contribution in [0.15, 0.2) is 0 Å². The van der Waals surface area contributed by atoms with E-state index in [1.165, 1.54) is 38.5 Å². The third kappa shape index (κ3) is 8.78. The number of carbonyl (C=O) groups is 1. The van der Waals surface area contributed by atoms with Gasteiger partial charge in [0.05, 0.1) is 6.61 Å². The Bertz CT molecular complexity index is 312. The first kappa shape index (κ1) is 19.5. The smallest absolute Gasteiger partial charge is 0.409 e. The molecule has 2 N–H and O–H groups in total. The fourth-order valence-electron chi connectivity index (χ4n) is 3.03. The molecule has 0 aliphatic heterocycles. The summed E-state index contributed by atoms with van der Waals surface area (Å²) in [5, 5.41) is 0. The molecular formula is C17H36N2O2Si. The molecule has 1 amide bonds. The summed E-state index contributed by atoms with van der Waals surface area (Å²) in [6.45, 7) is 9.34. The van der Waals surface area contributed by atoms with Gasteiger partial charge in [0.2, 0.25) is 0 Å². The summed E-state index contributed by atoms with van der Waals surface area (Å²) in [5.74, 6) is 0.872. The topological polar surface area (TPSA) is 55.6 Å². The standard InChI is InChI=1S/C17H36N2O2Si/c1-22(2,3)15-14-21-17(20)19(13-11-18)12-7-10-16-8-5-4-6-9-16/h16H,4-15,18H2,1-3H3. The largest absolute Gasteiger partial charge is 0.450 e. The van der Waals surface area contributed by atoms with E-state index < -0.39 is 8.07 Å². The van der Waals surface area contributed by atoms with Crippen molar-refractivity contribution in [3.05, 3.63) is 0 Å². The molecule has 130 valence electrons. The van der Waals surface area contributed by atoms with E-state index in [0.717, 1.165) is 24.9 Å². The molecule has 1 aliphatic carbocycles. The van der Waals surface area contributed by atoms with Crippen molar-refractivity contribution < 1.29 is 9.53 Å². The molecule has 22 heavy (non-hydrogen) atoms. The maximum absolute atomic E-state index is 12.2. The summed E-state index contributed by atoms with van der Waals surface area (Å²) in [6, 6.07) is 1.03. The van der Waals surface area contributed by atoms with Gasteiger partial charge in [-0.05, 0) is 24.8 Å². The van der Waals surface area contributed by atoms with E-state index in [9.17, 15) is 4.79 Å². The molecule has 1 fully saturated rings. The first-order valence-corrected chi connectivity index (χ1v) is 12.7. The van der Waals surface area contributed by atoms with E-state index in [2.05, 4.69) is 19.6 Å². The van der Waals surface area contributed by atoms with Gasteiger partial charge in [0.1, 0.15) is 0 Å². The Hall–Kier alpha value is -0.553. The zero-order valence-electron chi connectivity index (χ0n) is 14.9. The van der Waals surface area contributed by atoms with Gasteiger partial charge in [0.15, 0.2) is 0 Å². The molecule has 0 atom stereocenters. The molecule has 1 saturated carbocycles. The zero-order valence-corrected chi connectivity index (χ0v) is 15.9. The lowest BCUT2D eigenvalue weighted by Gasteiger charge is -2.25. The number of hydrogen-bond donors (Lipinski definition) is 1. The number of carbonyl (C=O) groups excluding carboxylic acids is 1. The molecule has 1 aliphatic rings. The van der Waals surface area contributed by atoms with Gasteiger partial charge in [-0.2, -0.15) is 0 Å². The molecule has 0 radical (unpaired) electrons. The van der Waals surface area contributed by atoms with Crippen LogP contribution in [0.4, 0.5) is 4.79 Å². The minimum absolute atomic E-state index is 0.174. The Kier molecular flexibility index (Phi) is 9.10. The van der Waals surface area contributed by atoms with Crippen LogP contribution in [0.1, 0.15) is 44.9 Å². The van der Waals surface area contributed by atoms with Crippen LogP contribution >= 0.6 is 0 Å². The Morgan fingerprint density at radius 2 is 1.86 bits per heavy atom. The normalized spacial score (nSPS) is 16.5. The highest BCUT2D eigenvalue weighted by atomic mass is 28.3. The molecule has 0 aromatic heterocycles. The van der Waals surface area contributed by atoms with Gasteiger partial charge in [-0.3, -0.25) is 0 Å². The van der Waals surface area contributed by atoms with Crippen molar-refractivity contribution in [2.24, 2.45) is 11.7 Å². The maximum Gasteiger partial charge on any atom is 0.409 e. The number of ether oxygens (including phenoxy) is 1. The number of hydrogen-bond acceptors (Lipinski definition) is 3. The van der Waals surface area contributed by atoms with Crippen LogP contribution in [-0.4, -0.2) is 45.3 Å². The minimum Gasteiger partial charge on any atom is -0.450 e. The SMILES string of the molecule is C[Si](C)(C)CCOC(=O)N(CCN)CCCC1CCCCC1. The fourth-order valence-corrected chi connectivity index (χ4v) is 3.75.